The number of carboxylic acid groups (broad SMARTS) is 1. The maximum atomic E-state index is 11.7. The first-order chi connectivity index (χ1) is 8.73. The third-order valence-electron chi connectivity index (χ3n) is 2.83. The van der Waals surface area contributed by atoms with Crippen molar-refractivity contribution >= 4 is 23.6 Å². The zero-order valence-electron chi connectivity index (χ0n) is 12.6. The molecule has 0 aliphatic carbocycles. The minimum absolute atomic E-state index is 0.0219. The predicted octanol–water partition coefficient (Wildman–Crippen LogP) is 2.77. The van der Waals surface area contributed by atoms with E-state index >= 15 is 0 Å². The summed E-state index contributed by atoms with van der Waals surface area (Å²) in [4.78, 5) is 22.7. The van der Waals surface area contributed by atoms with Crippen molar-refractivity contribution in [2.75, 3.05) is 5.75 Å². The fraction of sp³-hybridized carbons (Fsp3) is 0.857. The number of amides is 1. The molecule has 0 saturated heterocycles. The molecule has 0 aliphatic rings. The first-order valence-electron chi connectivity index (χ1n) is 6.87. The number of hydrogen-bond donors (Lipinski definition) is 2. The fourth-order valence-electron chi connectivity index (χ4n) is 1.69. The van der Waals surface area contributed by atoms with Crippen LogP contribution in [0.5, 0.6) is 0 Å². The molecule has 112 valence electrons. The van der Waals surface area contributed by atoms with Gasteiger partial charge in [0.25, 0.3) is 0 Å². The molecule has 0 aromatic heterocycles. The van der Waals surface area contributed by atoms with Gasteiger partial charge in [0, 0.05) is 6.04 Å². The first-order valence-corrected chi connectivity index (χ1v) is 7.92. The quantitative estimate of drug-likeness (QED) is 0.685. The Labute approximate surface area is 120 Å². The number of rotatable bonds is 9. The molecule has 5 heteroatoms. The lowest BCUT2D eigenvalue weighted by atomic mass is 10.0. The molecule has 2 atom stereocenters. The lowest BCUT2D eigenvalue weighted by Gasteiger charge is -2.17. The molecular formula is C14H27NO3S. The highest BCUT2D eigenvalue weighted by molar-refractivity contribution is 8.01. The summed E-state index contributed by atoms with van der Waals surface area (Å²) in [5, 5.41) is 11.4. The van der Waals surface area contributed by atoms with E-state index in [0.717, 1.165) is 12.8 Å². The van der Waals surface area contributed by atoms with Crippen LogP contribution in [-0.4, -0.2) is 34.0 Å². The van der Waals surface area contributed by atoms with Gasteiger partial charge in [0.2, 0.25) is 5.91 Å². The number of thioether (sulfide) groups is 1. The molecular weight excluding hydrogens is 262 g/mol. The van der Waals surface area contributed by atoms with Gasteiger partial charge in [0.15, 0.2) is 0 Å². The Morgan fingerprint density at radius 1 is 1.11 bits per heavy atom. The van der Waals surface area contributed by atoms with Crippen LogP contribution in [0.15, 0.2) is 0 Å². The van der Waals surface area contributed by atoms with Crippen LogP contribution in [0.2, 0.25) is 0 Å². The summed E-state index contributed by atoms with van der Waals surface area (Å²) in [7, 11) is 0. The standard InChI is InChI=1S/C14H27NO3S/c1-9(2)6-7-11(5)15-12(16)8-19-13(10(3)4)14(17)18/h9-11,13H,6-8H2,1-5H3,(H,15,16)(H,17,18). The maximum Gasteiger partial charge on any atom is 0.316 e. The van der Waals surface area contributed by atoms with E-state index in [1.807, 2.05) is 20.8 Å². The van der Waals surface area contributed by atoms with E-state index in [2.05, 4.69) is 19.2 Å². The molecule has 0 aliphatic heterocycles. The van der Waals surface area contributed by atoms with Crippen LogP contribution in [0.4, 0.5) is 0 Å². The molecule has 2 N–H and O–H groups in total. The topological polar surface area (TPSA) is 66.4 Å². The largest absolute Gasteiger partial charge is 0.480 e. The molecule has 0 saturated carbocycles. The van der Waals surface area contributed by atoms with E-state index in [1.165, 1.54) is 11.8 Å². The number of hydrogen-bond acceptors (Lipinski definition) is 3. The molecule has 0 heterocycles. The fourth-order valence-corrected chi connectivity index (χ4v) is 2.63. The highest BCUT2D eigenvalue weighted by Gasteiger charge is 2.23. The summed E-state index contributed by atoms with van der Waals surface area (Å²) in [6.07, 6.45) is 2.04. The third-order valence-corrected chi connectivity index (χ3v) is 4.36. The molecule has 0 aromatic rings. The van der Waals surface area contributed by atoms with Crippen LogP contribution >= 0.6 is 11.8 Å². The molecule has 19 heavy (non-hydrogen) atoms. The maximum absolute atomic E-state index is 11.7. The van der Waals surface area contributed by atoms with Crippen LogP contribution in [-0.2, 0) is 9.59 Å². The molecule has 0 radical (unpaired) electrons. The SMILES string of the molecule is CC(C)CCC(C)NC(=O)CSC(C(=O)O)C(C)C. The molecule has 0 fully saturated rings. The summed E-state index contributed by atoms with van der Waals surface area (Å²) in [6, 6.07) is 0.151. The molecule has 1 amide bonds. The van der Waals surface area contributed by atoms with Gasteiger partial charge >= 0.3 is 5.97 Å². The van der Waals surface area contributed by atoms with Crippen LogP contribution < -0.4 is 5.32 Å². The zero-order valence-corrected chi connectivity index (χ0v) is 13.4. The van der Waals surface area contributed by atoms with Crippen LogP contribution in [0.25, 0.3) is 0 Å². The van der Waals surface area contributed by atoms with Crippen LogP contribution in [0.3, 0.4) is 0 Å². The molecule has 2 unspecified atom stereocenters. The summed E-state index contributed by atoms with van der Waals surface area (Å²) in [5.41, 5.74) is 0. The van der Waals surface area contributed by atoms with Gasteiger partial charge in [0.05, 0.1) is 5.75 Å². The minimum atomic E-state index is -0.847. The van der Waals surface area contributed by atoms with Gasteiger partial charge in [-0.1, -0.05) is 27.7 Å². The number of carbonyl (C=O) groups is 2. The van der Waals surface area contributed by atoms with Gasteiger partial charge in [-0.05, 0) is 31.6 Å². The van der Waals surface area contributed by atoms with E-state index in [9.17, 15) is 9.59 Å². The van der Waals surface area contributed by atoms with Crippen molar-refractivity contribution in [3.05, 3.63) is 0 Å². The van der Waals surface area contributed by atoms with Crippen molar-refractivity contribution in [1.29, 1.82) is 0 Å². The van der Waals surface area contributed by atoms with Crippen molar-refractivity contribution in [3.8, 4) is 0 Å². The monoisotopic (exact) mass is 289 g/mol. The average molecular weight is 289 g/mol. The highest BCUT2D eigenvalue weighted by atomic mass is 32.2. The van der Waals surface area contributed by atoms with Crippen molar-refractivity contribution in [1.82, 2.24) is 5.32 Å². The van der Waals surface area contributed by atoms with Gasteiger partial charge in [-0.3, -0.25) is 9.59 Å². The number of aliphatic carboxylic acids is 1. The molecule has 0 aromatic carbocycles. The minimum Gasteiger partial charge on any atom is -0.480 e. The predicted molar refractivity (Wildman–Crippen MR) is 80.4 cm³/mol. The molecule has 0 spiro atoms. The van der Waals surface area contributed by atoms with Crippen molar-refractivity contribution in [2.45, 2.75) is 58.8 Å². The van der Waals surface area contributed by atoms with Gasteiger partial charge in [0.1, 0.15) is 5.25 Å². The number of carbonyl (C=O) groups excluding carboxylic acids is 1. The second kappa shape index (κ2) is 9.23. The summed E-state index contributed by atoms with van der Waals surface area (Å²) >= 11 is 1.20. The van der Waals surface area contributed by atoms with Gasteiger partial charge in [-0.15, -0.1) is 11.8 Å². The van der Waals surface area contributed by atoms with Crippen molar-refractivity contribution in [2.24, 2.45) is 11.8 Å². The van der Waals surface area contributed by atoms with Crippen molar-refractivity contribution < 1.29 is 14.7 Å². The Bertz CT molecular complexity index is 292. The van der Waals surface area contributed by atoms with E-state index in [1.54, 1.807) is 0 Å². The first kappa shape index (κ1) is 18.3. The summed E-state index contributed by atoms with van der Waals surface area (Å²) in [5.74, 6) is -0.0604. The Kier molecular flexibility index (Phi) is 8.89. The third kappa shape index (κ3) is 8.92. The summed E-state index contributed by atoms with van der Waals surface area (Å²) in [6.45, 7) is 10.0. The molecule has 0 bridgehead atoms. The summed E-state index contributed by atoms with van der Waals surface area (Å²) < 4.78 is 0. The highest BCUT2D eigenvalue weighted by Crippen LogP contribution is 2.19. The molecule has 4 nitrogen and oxygen atoms in total. The second-order valence-electron chi connectivity index (χ2n) is 5.75. The Morgan fingerprint density at radius 2 is 1.68 bits per heavy atom. The Balaban J connectivity index is 4.00. The number of carboxylic acids is 1. The second-order valence-corrected chi connectivity index (χ2v) is 6.88. The lowest BCUT2D eigenvalue weighted by Crippen LogP contribution is -2.35. The Hall–Kier alpha value is -0.710. The average Bonchev–Trinajstić information content (AvgIpc) is 2.25. The lowest BCUT2D eigenvalue weighted by molar-refractivity contribution is -0.137. The van der Waals surface area contributed by atoms with E-state index in [0.29, 0.717) is 5.92 Å². The van der Waals surface area contributed by atoms with Crippen LogP contribution in [0, 0.1) is 11.8 Å². The van der Waals surface area contributed by atoms with Gasteiger partial charge in [-0.2, -0.15) is 0 Å². The van der Waals surface area contributed by atoms with Crippen molar-refractivity contribution in [3.63, 3.8) is 0 Å². The van der Waals surface area contributed by atoms with Crippen LogP contribution in [0.1, 0.15) is 47.5 Å². The van der Waals surface area contributed by atoms with Gasteiger partial charge < -0.3 is 10.4 Å². The van der Waals surface area contributed by atoms with E-state index in [4.69, 9.17) is 5.11 Å². The van der Waals surface area contributed by atoms with E-state index in [-0.39, 0.29) is 23.6 Å². The number of nitrogens with one attached hydrogen (secondary N) is 1. The zero-order chi connectivity index (χ0) is 15.0. The Morgan fingerprint density at radius 3 is 2.11 bits per heavy atom. The van der Waals surface area contributed by atoms with E-state index < -0.39 is 11.2 Å². The smallest absolute Gasteiger partial charge is 0.316 e. The normalized spacial score (nSPS) is 14.5. The van der Waals surface area contributed by atoms with Gasteiger partial charge in [-0.25, -0.2) is 0 Å². The molecule has 0 rings (SSSR count).